The Morgan fingerprint density at radius 1 is 1.15 bits per heavy atom. The molecule has 1 N–H and O–H groups in total. The number of rotatable bonds is 5. The van der Waals surface area contributed by atoms with Crippen LogP contribution < -0.4 is 5.32 Å². The first-order valence-electron chi connectivity index (χ1n) is 7.74. The largest absolute Gasteiger partial charge is 0.449 e. The van der Waals surface area contributed by atoms with Crippen molar-refractivity contribution in [3.63, 3.8) is 0 Å². The van der Waals surface area contributed by atoms with Crippen LogP contribution in [0.15, 0.2) is 48.8 Å². The van der Waals surface area contributed by atoms with E-state index in [0.29, 0.717) is 11.8 Å². The molecule has 1 heterocycles. The van der Waals surface area contributed by atoms with E-state index in [1.54, 1.807) is 12.1 Å². The van der Waals surface area contributed by atoms with Crippen molar-refractivity contribution in [2.24, 2.45) is 0 Å². The predicted octanol–water partition coefficient (Wildman–Crippen LogP) is 2.12. The van der Waals surface area contributed by atoms with Crippen LogP contribution in [0.5, 0.6) is 0 Å². The summed E-state index contributed by atoms with van der Waals surface area (Å²) in [5.41, 5.74) is 0.628. The van der Waals surface area contributed by atoms with Crippen LogP contribution in [0.1, 0.15) is 17.3 Å². The first-order valence-corrected chi connectivity index (χ1v) is 7.74. The Bertz CT molecular complexity index is 961. The third kappa shape index (κ3) is 4.29. The van der Waals surface area contributed by atoms with Crippen molar-refractivity contribution in [1.29, 1.82) is 0 Å². The average molecular weight is 373 g/mol. The van der Waals surface area contributed by atoms with Gasteiger partial charge in [-0.15, -0.1) is 5.10 Å². The summed E-state index contributed by atoms with van der Waals surface area (Å²) in [6, 6.07) is 8.90. The van der Waals surface area contributed by atoms with Gasteiger partial charge >= 0.3 is 5.97 Å². The van der Waals surface area contributed by atoms with Gasteiger partial charge in [0.25, 0.3) is 5.91 Å². The zero-order valence-corrected chi connectivity index (χ0v) is 14.0. The number of hydrogen-bond acceptors (Lipinski definition) is 6. The molecule has 1 amide bonds. The molecule has 0 saturated heterocycles. The Hall–Kier alpha value is -3.69. The van der Waals surface area contributed by atoms with E-state index in [4.69, 9.17) is 4.74 Å². The van der Waals surface area contributed by atoms with Crippen molar-refractivity contribution in [3.8, 4) is 5.69 Å². The standard InChI is InChI=1S/C17H13F2N5O3/c1-10(16(25)21-15-7-4-12(18)8-14(15)19)27-17(26)11-2-5-13(6-3-11)24-9-20-22-23-24/h2-10H,1H3,(H,21,25)/t10-/m0/s1. The first-order chi connectivity index (χ1) is 12.9. The molecule has 1 aromatic heterocycles. The zero-order valence-electron chi connectivity index (χ0n) is 14.0. The first kappa shape index (κ1) is 18.1. The molecule has 138 valence electrons. The molecule has 3 rings (SSSR count). The summed E-state index contributed by atoms with van der Waals surface area (Å²) < 4.78 is 32.9. The monoisotopic (exact) mass is 373 g/mol. The van der Waals surface area contributed by atoms with Crippen LogP contribution in [0.4, 0.5) is 14.5 Å². The molecule has 0 fully saturated rings. The van der Waals surface area contributed by atoms with Crippen molar-refractivity contribution < 1.29 is 23.1 Å². The fourth-order valence-electron chi connectivity index (χ4n) is 2.14. The Morgan fingerprint density at radius 2 is 1.89 bits per heavy atom. The second kappa shape index (κ2) is 7.68. The number of hydrogen-bond donors (Lipinski definition) is 1. The topological polar surface area (TPSA) is 99.0 Å². The number of anilines is 1. The van der Waals surface area contributed by atoms with E-state index in [2.05, 4.69) is 20.8 Å². The summed E-state index contributed by atoms with van der Waals surface area (Å²) in [6.07, 6.45) is 0.204. The van der Waals surface area contributed by atoms with Gasteiger partial charge in [0, 0.05) is 6.07 Å². The highest BCUT2D eigenvalue weighted by Crippen LogP contribution is 2.16. The summed E-state index contributed by atoms with van der Waals surface area (Å²) >= 11 is 0. The number of esters is 1. The van der Waals surface area contributed by atoms with Gasteiger partial charge in [0.05, 0.1) is 16.9 Å². The summed E-state index contributed by atoms with van der Waals surface area (Å²) in [4.78, 5) is 24.2. The van der Waals surface area contributed by atoms with Gasteiger partial charge in [-0.2, -0.15) is 0 Å². The molecule has 8 nitrogen and oxygen atoms in total. The van der Waals surface area contributed by atoms with Crippen LogP contribution in [-0.4, -0.2) is 38.2 Å². The fraction of sp³-hybridized carbons (Fsp3) is 0.118. The molecule has 2 aromatic carbocycles. The van der Waals surface area contributed by atoms with E-state index >= 15 is 0 Å². The molecule has 1 atom stereocenters. The molecule has 0 saturated carbocycles. The summed E-state index contributed by atoms with van der Waals surface area (Å²) in [5, 5.41) is 13.0. The van der Waals surface area contributed by atoms with Crippen molar-refractivity contribution in [2.45, 2.75) is 13.0 Å². The maximum atomic E-state index is 13.6. The molecule has 0 spiro atoms. The Labute approximate surface area is 151 Å². The van der Waals surface area contributed by atoms with Gasteiger partial charge in [0.1, 0.15) is 18.0 Å². The third-order valence-electron chi connectivity index (χ3n) is 3.56. The minimum Gasteiger partial charge on any atom is -0.449 e. The number of benzene rings is 2. The summed E-state index contributed by atoms with van der Waals surface area (Å²) in [5.74, 6) is -3.19. The van der Waals surface area contributed by atoms with Crippen LogP contribution in [0.3, 0.4) is 0 Å². The number of nitrogens with one attached hydrogen (secondary N) is 1. The average Bonchev–Trinajstić information content (AvgIpc) is 3.18. The number of carbonyl (C=O) groups is 2. The predicted molar refractivity (Wildman–Crippen MR) is 89.0 cm³/mol. The highest BCUT2D eigenvalue weighted by atomic mass is 19.1. The zero-order chi connectivity index (χ0) is 19.4. The van der Waals surface area contributed by atoms with E-state index in [-0.39, 0.29) is 11.3 Å². The molecule has 3 aromatic rings. The molecule has 27 heavy (non-hydrogen) atoms. The molecule has 0 aliphatic carbocycles. The van der Waals surface area contributed by atoms with E-state index in [0.717, 1.165) is 12.1 Å². The second-order valence-corrected chi connectivity index (χ2v) is 5.46. The highest BCUT2D eigenvalue weighted by molar-refractivity contribution is 5.97. The maximum Gasteiger partial charge on any atom is 0.338 e. The van der Waals surface area contributed by atoms with Gasteiger partial charge in [-0.25, -0.2) is 18.3 Å². The lowest BCUT2D eigenvalue weighted by Crippen LogP contribution is -2.30. The Kier molecular flexibility index (Phi) is 5.15. The van der Waals surface area contributed by atoms with Crippen LogP contribution in [-0.2, 0) is 9.53 Å². The number of halogens is 2. The van der Waals surface area contributed by atoms with Gasteiger partial charge in [0.15, 0.2) is 6.10 Å². The Balaban J connectivity index is 1.62. The normalized spacial score (nSPS) is 11.7. The van der Waals surface area contributed by atoms with Gasteiger partial charge in [0.2, 0.25) is 0 Å². The van der Waals surface area contributed by atoms with Crippen molar-refractivity contribution in [2.75, 3.05) is 5.32 Å². The van der Waals surface area contributed by atoms with Gasteiger partial charge in [-0.3, -0.25) is 4.79 Å². The van der Waals surface area contributed by atoms with Gasteiger partial charge < -0.3 is 10.1 Å². The lowest BCUT2D eigenvalue weighted by Gasteiger charge is -2.14. The van der Waals surface area contributed by atoms with E-state index < -0.39 is 29.6 Å². The number of nitrogens with zero attached hydrogens (tertiary/aromatic N) is 4. The molecular weight excluding hydrogens is 360 g/mol. The molecule has 0 bridgehead atoms. The second-order valence-electron chi connectivity index (χ2n) is 5.46. The van der Waals surface area contributed by atoms with Crippen LogP contribution in [0.25, 0.3) is 5.69 Å². The number of tetrazole rings is 1. The summed E-state index contributed by atoms with van der Waals surface area (Å²) in [6.45, 7) is 1.34. The third-order valence-corrected chi connectivity index (χ3v) is 3.56. The fourth-order valence-corrected chi connectivity index (χ4v) is 2.14. The van der Waals surface area contributed by atoms with Crippen LogP contribution in [0.2, 0.25) is 0 Å². The minimum atomic E-state index is -1.19. The smallest absolute Gasteiger partial charge is 0.338 e. The number of carbonyl (C=O) groups excluding carboxylic acids is 2. The van der Waals surface area contributed by atoms with Crippen molar-refractivity contribution in [3.05, 3.63) is 66.0 Å². The lowest BCUT2D eigenvalue weighted by molar-refractivity contribution is -0.123. The Morgan fingerprint density at radius 3 is 2.52 bits per heavy atom. The molecule has 0 aliphatic heterocycles. The molecule has 10 heteroatoms. The number of ether oxygens (including phenoxy) is 1. The van der Waals surface area contributed by atoms with Crippen molar-refractivity contribution >= 4 is 17.6 Å². The summed E-state index contributed by atoms with van der Waals surface area (Å²) in [7, 11) is 0. The van der Waals surface area contributed by atoms with E-state index in [1.165, 1.54) is 30.1 Å². The molecular formula is C17H13F2N5O3. The molecule has 0 aliphatic rings. The van der Waals surface area contributed by atoms with E-state index in [1.807, 2.05) is 0 Å². The number of aromatic nitrogens is 4. The van der Waals surface area contributed by atoms with Gasteiger partial charge in [-0.1, -0.05) is 0 Å². The van der Waals surface area contributed by atoms with Gasteiger partial charge in [-0.05, 0) is 53.7 Å². The van der Waals surface area contributed by atoms with Crippen LogP contribution >= 0.6 is 0 Å². The maximum absolute atomic E-state index is 13.6. The van der Waals surface area contributed by atoms with Crippen LogP contribution in [0, 0.1) is 11.6 Å². The SMILES string of the molecule is C[C@H](OC(=O)c1ccc(-n2cnnn2)cc1)C(=O)Nc1ccc(F)cc1F. The van der Waals surface area contributed by atoms with E-state index in [9.17, 15) is 18.4 Å². The number of amides is 1. The quantitative estimate of drug-likeness (QED) is 0.688. The minimum absolute atomic E-state index is 0.208. The lowest BCUT2D eigenvalue weighted by atomic mass is 10.2. The van der Waals surface area contributed by atoms with Crippen molar-refractivity contribution in [1.82, 2.24) is 20.2 Å². The molecule has 0 radical (unpaired) electrons. The highest BCUT2D eigenvalue weighted by Gasteiger charge is 2.20. The molecule has 0 unspecified atom stereocenters.